The fourth-order valence-corrected chi connectivity index (χ4v) is 1.91. The monoisotopic (exact) mass is 277 g/mol. The van der Waals surface area contributed by atoms with Crippen LogP contribution in [-0.2, 0) is 9.31 Å². The van der Waals surface area contributed by atoms with Gasteiger partial charge in [-0.1, -0.05) is 0 Å². The summed E-state index contributed by atoms with van der Waals surface area (Å²) < 4.78 is 17.2. The van der Waals surface area contributed by atoms with E-state index in [1.54, 1.807) is 18.2 Å². The molecule has 0 amide bonds. The lowest BCUT2D eigenvalue weighted by Gasteiger charge is -2.32. The quantitative estimate of drug-likeness (QED) is 0.673. The van der Waals surface area contributed by atoms with E-state index >= 15 is 0 Å². The summed E-state index contributed by atoms with van der Waals surface area (Å²) in [6.07, 6.45) is 2.42. The molecule has 1 aliphatic rings. The maximum Gasteiger partial charge on any atom is 0.491 e. The average molecular weight is 277 g/mol. The summed E-state index contributed by atoms with van der Waals surface area (Å²) >= 11 is 0. The van der Waals surface area contributed by atoms with Crippen LogP contribution in [0.25, 0.3) is 6.08 Å². The number of carbonyl (C=O) groups excluding carboxylic acids is 1. The molecule has 6 heteroatoms. The molecule has 1 fully saturated rings. The topological polar surface area (TPSA) is 74.7 Å². The highest BCUT2D eigenvalue weighted by Gasteiger charge is 2.52. The van der Waals surface area contributed by atoms with E-state index in [9.17, 15) is 4.79 Å². The summed E-state index contributed by atoms with van der Waals surface area (Å²) in [5, 5.41) is 0. The predicted octanol–water partition coefficient (Wildman–Crippen LogP) is 2.07. The van der Waals surface area contributed by atoms with E-state index in [1.165, 1.54) is 0 Å². The summed E-state index contributed by atoms with van der Waals surface area (Å²) in [5.74, 6) is 0.837. The standard InChI is InChI=1S/C14H20BNO4/c1-13(2)14(3,4)20-15(19-13)10(8-16)7-11-5-6-12(9-17)18-11/h5-7,9H,8,16H2,1-4H3. The maximum absolute atomic E-state index is 10.6. The molecule has 0 spiro atoms. The number of nitrogens with two attached hydrogens (primary N) is 1. The minimum absolute atomic E-state index is 0.279. The predicted molar refractivity (Wildman–Crippen MR) is 77.2 cm³/mol. The van der Waals surface area contributed by atoms with Crippen molar-refractivity contribution in [3.63, 3.8) is 0 Å². The van der Waals surface area contributed by atoms with Crippen molar-refractivity contribution in [1.82, 2.24) is 0 Å². The maximum atomic E-state index is 10.6. The molecule has 1 aromatic rings. The molecule has 0 radical (unpaired) electrons. The van der Waals surface area contributed by atoms with Crippen molar-refractivity contribution >= 4 is 19.5 Å². The number of hydrogen-bond acceptors (Lipinski definition) is 5. The van der Waals surface area contributed by atoms with Gasteiger partial charge in [0.25, 0.3) is 0 Å². The third-order valence-electron chi connectivity index (χ3n) is 3.88. The van der Waals surface area contributed by atoms with Gasteiger partial charge in [-0.3, -0.25) is 4.79 Å². The van der Waals surface area contributed by atoms with Crippen molar-refractivity contribution in [1.29, 1.82) is 0 Å². The first kappa shape index (κ1) is 15.0. The van der Waals surface area contributed by atoms with Gasteiger partial charge in [0.2, 0.25) is 0 Å². The molecule has 0 saturated carbocycles. The summed E-state index contributed by atoms with van der Waals surface area (Å²) in [6.45, 7) is 8.22. The third-order valence-corrected chi connectivity index (χ3v) is 3.88. The Kier molecular flexibility index (Phi) is 3.91. The van der Waals surface area contributed by atoms with E-state index in [0.29, 0.717) is 12.0 Å². The molecule has 0 atom stereocenters. The number of hydrogen-bond donors (Lipinski definition) is 1. The van der Waals surface area contributed by atoms with Crippen molar-refractivity contribution in [3.05, 3.63) is 29.1 Å². The highest BCUT2D eigenvalue weighted by Crippen LogP contribution is 2.38. The fraction of sp³-hybridized carbons (Fsp3) is 0.500. The van der Waals surface area contributed by atoms with Crippen LogP contribution >= 0.6 is 0 Å². The van der Waals surface area contributed by atoms with E-state index in [2.05, 4.69) is 0 Å². The van der Waals surface area contributed by atoms with E-state index in [-0.39, 0.29) is 12.3 Å². The van der Waals surface area contributed by atoms with Crippen molar-refractivity contribution in [2.75, 3.05) is 6.54 Å². The largest absolute Gasteiger partial charge is 0.491 e. The Morgan fingerprint density at radius 3 is 2.20 bits per heavy atom. The zero-order valence-electron chi connectivity index (χ0n) is 12.3. The molecule has 2 rings (SSSR count). The van der Waals surface area contributed by atoms with Crippen LogP contribution in [0.2, 0.25) is 0 Å². The molecule has 0 bridgehead atoms. The normalized spacial score (nSPS) is 21.2. The molecule has 0 aliphatic carbocycles. The second kappa shape index (κ2) is 5.20. The van der Waals surface area contributed by atoms with Gasteiger partial charge < -0.3 is 19.5 Å². The lowest BCUT2D eigenvalue weighted by Crippen LogP contribution is -2.41. The molecule has 20 heavy (non-hydrogen) atoms. The molecule has 1 saturated heterocycles. The van der Waals surface area contributed by atoms with E-state index in [0.717, 1.165) is 5.47 Å². The third kappa shape index (κ3) is 2.72. The molecule has 5 nitrogen and oxygen atoms in total. The Bertz CT molecular complexity index is 517. The number of rotatable bonds is 4. The molecule has 2 heterocycles. The van der Waals surface area contributed by atoms with Crippen molar-refractivity contribution in [2.24, 2.45) is 5.73 Å². The van der Waals surface area contributed by atoms with E-state index in [1.807, 2.05) is 27.7 Å². The van der Waals surface area contributed by atoms with E-state index < -0.39 is 18.3 Å². The SMILES string of the molecule is CC1(C)OB(C(=Cc2ccc(C=O)o2)CN)OC1(C)C. The number of carbonyl (C=O) groups is 1. The van der Waals surface area contributed by atoms with Crippen LogP contribution in [-0.4, -0.2) is 31.2 Å². The molecular formula is C14H20BNO4. The van der Waals surface area contributed by atoms with Crippen LogP contribution in [0.3, 0.4) is 0 Å². The fourth-order valence-electron chi connectivity index (χ4n) is 1.91. The summed E-state index contributed by atoms with van der Waals surface area (Å²) in [4.78, 5) is 10.6. The van der Waals surface area contributed by atoms with Gasteiger partial charge in [0.15, 0.2) is 12.0 Å². The molecule has 1 aliphatic heterocycles. The van der Waals surface area contributed by atoms with Crippen molar-refractivity contribution < 1.29 is 18.5 Å². The molecule has 108 valence electrons. The first-order chi connectivity index (χ1) is 9.29. The molecule has 1 aromatic heterocycles. The van der Waals surface area contributed by atoms with Crippen LogP contribution in [0.15, 0.2) is 22.0 Å². The molecular weight excluding hydrogens is 257 g/mol. The minimum atomic E-state index is -0.505. The zero-order valence-corrected chi connectivity index (χ0v) is 12.3. The Morgan fingerprint density at radius 2 is 1.75 bits per heavy atom. The zero-order chi connectivity index (χ0) is 15.0. The summed E-state index contributed by atoms with van der Waals surface area (Å²) in [6, 6.07) is 3.32. The van der Waals surface area contributed by atoms with E-state index in [4.69, 9.17) is 19.5 Å². The van der Waals surface area contributed by atoms with Crippen molar-refractivity contribution in [3.8, 4) is 0 Å². The Labute approximate surface area is 119 Å². The van der Waals surface area contributed by atoms with Crippen LogP contribution in [0.4, 0.5) is 0 Å². The lowest BCUT2D eigenvalue weighted by molar-refractivity contribution is 0.00578. The molecule has 0 unspecified atom stereocenters. The van der Waals surface area contributed by atoms with Crippen molar-refractivity contribution in [2.45, 2.75) is 38.9 Å². The molecule has 2 N–H and O–H groups in total. The van der Waals surface area contributed by atoms with Crippen LogP contribution < -0.4 is 5.73 Å². The first-order valence-electron chi connectivity index (χ1n) is 6.60. The van der Waals surface area contributed by atoms with Crippen LogP contribution in [0.5, 0.6) is 0 Å². The van der Waals surface area contributed by atoms with Gasteiger partial charge in [-0.2, -0.15) is 0 Å². The highest BCUT2D eigenvalue weighted by molar-refractivity contribution is 6.55. The number of furan rings is 1. The number of aldehydes is 1. The van der Waals surface area contributed by atoms with Gasteiger partial charge in [-0.05, 0) is 51.4 Å². The van der Waals surface area contributed by atoms with Gasteiger partial charge in [-0.25, -0.2) is 0 Å². The summed E-state index contributed by atoms with van der Waals surface area (Å²) in [7, 11) is -0.505. The molecule has 0 aromatic carbocycles. The summed E-state index contributed by atoms with van der Waals surface area (Å²) in [5.41, 5.74) is 5.72. The van der Waals surface area contributed by atoms with Gasteiger partial charge in [0.1, 0.15) is 5.76 Å². The van der Waals surface area contributed by atoms with Gasteiger partial charge in [-0.15, -0.1) is 0 Å². The second-order valence-electron chi connectivity index (χ2n) is 5.87. The Morgan fingerprint density at radius 1 is 1.20 bits per heavy atom. The Balaban J connectivity index is 2.23. The minimum Gasteiger partial charge on any atom is -0.454 e. The lowest BCUT2D eigenvalue weighted by atomic mass is 9.77. The first-order valence-corrected chi connectivity index (χ1v) is 6.60. The Hall–Kier alpha value is -1.37. The van der Waals surface area contributed by atoms with Gasteiger partial charge in [0, 0.05) is 6.54 Å². The second-order valence-corrected chi connectivity index (χ2v) is 5.87. The van der Waals surface area contributed by atoms with Gasteiger partial charge >= 0.3 is 7.12 Å². The average Bonchev–Trinajstić information content (AvgIpc) is 2.89. The van der Waals surface area contributed by atoms with Crippen LogP contribution in [0, 0.1) is 0 Å². The van der Waals surface area contributed by atoms with Crippen LogP contribution in [0.1, 0.15) is 44.0 Å². The smallest absolute Gasteiger partial charge is 0.454 e. The highest BCUT2D eigenvalue weighted by atomic mass is 16.7. The van der Waals surface area contributed by atoms with Gasteiger partial charge in [0.05, 0.1) is 11.2 Å².